The molecule has 0 N–H and O–H groups in total. The topological polar surface area (TPSA) is 91.9 Å². The van der Waals surface area contributed by atoms with Crippen molar-refractivity contribution in [2.75, 3.05) is 6.61 Å². The van der Waals surface area contributed by atoms with E-state index in [9.17, 15) is 14.0 Å². The lowest BCUT2D eigenvalue weighted by atomic mass is 10.1. The molecule has 3 heterocycles. The molecule has 0 unspecified atom stereocenters. The highest BCUT2D eigenvalue weighted by atomic mass is 35.5. The molecule has 1 aromatic carbocycles. The van der Waals surface area contributed by atoms with E-state index in [-0.39, 0.29) is 28.4 Å². The summed E-state index contributed by atoms with van der Waals surface area (Å²) < 4.78 is 22.2. The largest absolute Gasteiger partial charge is 0.462 e. The molecule has 0 radical (unpaired) electrons. The van der Waals surface area contributed by atoms with Crippen molar-refractivity contribution in [2.24, 2.45) is 0 Å². The van der Waals surface area contributed by atoms with Crippen LogP contribution in [-0.4, -0.2) is 36.9 Å². The molecule has 30 heavy (non-hydrogen) atoms. The molecule has 0 aliphatic rings. The van der Waals surface area contributed by atoms with Gasteiger partial charge in [-0.2, -0.15) is 5.10 Å². The number of carbonyl (C=O) groups is 1. The van der Waals surface area contributed by atoms with E-state index in [0.717, 1.165) is 11.6 Å². The van der Waals surface area contributed by atoms with Gasteiger partial charge >= 0.3 is 5.97 Å². The standard InChI is InChI=1S/C20H15ClFN5O3/c1-2-30-20(29)15-9-27(19-14(17(15)28)7-16(22)18(21)25-19)13-5-3-4-12(6-13)8-26-11-23-10-24-26/h3-7,9-11H,2,8H2,1H3. The first-order valence-electron chi connectivity index (χ1n) is 8.98. The number of hydrogen-bond donors (Lipinski definition) is 0. The van der Waals surface area contributed by atoms with Crippen molar-refractivity contribution >= 4 is 28.6 Å². The van der Waals surface area contributed by atoms with Crippen LogP contribution in [0.4, 0.5) is 4.39 Å². The molecule has 0 atom stereocenters. The molecule has 0 aliphatic carbocycles. The van der Waals surface area contributed by atoms with E-state index in [4.69, 9.17) is 16.3 Å². The Morgan fingerprint density at radius 3 is 2.87 bits per heavy atom. The third kappa shape index (κ3) is 3.67. The van der Waals surface area contributed by atoms with E-state index in [1.54, 1.807) is 30.1 Å². The van der Waals surface area contributed by atoms with Crippen LogP contribution in [0.5, 0.6) is 0 Å². The Morgan fingerprint density at radius 2 is 2.13 bits per heavy atom. The van der Waals surface area contributed by atoms with Crippen LogP contribution in [0, 0.1) is 5.82 Å². The number of nitrogens with zero attached hydrogens (tertiary/aromatic N) is 5. The van der Waals surface area contributed by atoms with Crippen LogP contribution in [0.25, 0.3) is 16.7 Å². The van der Waals surface area contributed by atoms with Crippen molar-refractivity contribution in [1.82, 2.24) is 24.3 Å². The van der Waals surface area contributed by atoms with Gasteiger partial charge in [0.25, 0.3) is 0 Å². The minimum atomic E-state index is -0.853. The van der Waals surface area contributed by atoms with Crippen LogP contribution < -0.4 is 5.43 Å². The lowest BCUT2D eigenvalue weighted by molar-refractivity contribution is 0.0524. The van der Waals surface area contributed by atoms with E-state index >= 15 is 0 Å². The van der Waals surface area contributed by atoms with E-state index in [1.807, 2.05) is 12.1 Å². The average molecular weight is 428 g/mol. The molecule has 0 bridgehead atoms. The summed E-state index contributed by atoms with van der Waals surface area (Å²) in [7, 11) is 0. The highest BCUT2D eigenvalue weighted by Gasteiger charge is 2.20. The van der Waals surface area contributed by atoms with Gasteiger partial charge in [0.15, 0.2) is 11.0 Å². The number of hydrogen-bond acceptors (Lipinski definition) is 6. The van der Waals surface area contributed by atoms with Gasteiger partial charge in [0.1, 0.15) is 23.9 Å². The summed E-state index contributed by atoms with van der Waals surface area (Å²) in [4.78, 5) is 33.1. The number of esters is 1. The molecular weight excluding hydrogens is 413 g/mol. The van der Waals surface area contributed by atoms with Crippen LogP contribution in [0.1, 0.15) is 22.8 Å². The Hall–Kier alpha value is -3.59. The lowest BCUT2D eigenvalue weighted by Crippen LogP contribution is -2.21. The van der Waals surface area contributed by atoms with E-state index in [0.29, 0.717) is 12.2 Å². The van der Waals surface area contributed by atoms with E-state index in [2.05, 4.69) is 15.1 Å². The number of carbonyl (C=O) groups excluding carboxylic acids is 1. The highest BCUT2D eigenvalue weighted by Crippen LogP contribution is 2.22. The van der Waals surface area contributed by atoms with Gasteiger partial charge in [0.05, 0.1) is 18.5 Å². The Labute approximate surface area is 174 Å². The molecule has 10 heteroatoms. The molecule has 0 saturated heterocycles. The first-order valence-corrected chi connectivity index (χ1v) is 9.36. The second kappa shape index (κ2) is 8.03. The van der Waals surface area contributed by atoms with Gasteiger partial charge in [-0.1, -0.05) is 23.7 Å². The Kier molecular flexibility index (Phi) is 5.28. The fourth-order valence-electron chi connectivity index (χ4n) is 3.06. The minimum absolute atomic E-state index is 0.0795. The van der Waals surface area contributed by atoms with Crippen molar-refractivity contribution < 1.29 is 13.9 Å². The SMILES string of the molecule is CCOC(=O)c1cn(-c2cccc(Cn3cncn3)c2)c2nc(Cl)c(F)cc2c1=O. The molecule has 8 nitrogen and oxygen atoms in total. The second-order valence-corrected chi connectivity index (χ2v) is 6.72. The van der Waals surface area contributed by atoms with Crippen LogP contribution in [-0.2, 0) is 11.3 Å². The fraction of sp³-hybridized carbons (Fsp3) is 0.150. The van der Waals surface area contributed by atoms with E-state index in [1.165, 1.54) is 17.1 Å². The van der Waals surface area contributed by atoms with E-state index < -0.39 is 17.2 Å². The van der Waals surface area contributed by atoms with Crippen LogP contribution in [0.15, 0.2) is 54.0 Å². The summed E-state index contributed by atoms with van der Waals surface area (Å²) in [5.41, 5.74) is 0.697. The highest BCUT2D eigenvalue weighted by molar-refractivity contribution is 6.29. The van der Waals surface area contributed by atoms with Crippen LogP contribution >= 0.6 is 11.6 Å². The number of ether oxygens (including phenoxy) is 1. The van der Waals surface area contributed by atoms with Crippen molar-refractivity contribution in [3.8, 4) is 5.69 Å². The van der Waals surface area contributed by atoms with Gasteiger partial charge in [-0.3, -0.25) is 4.79 Å². The number of pyridine rings is 2. The van der Waals surface area contributed by atoms with Gasteiger partial charge in [-0.25, -0.2) is 23.8 Å². The molecule has 152 valence electrons. The van der Waals surface area contributed by atoms with Gasteiger partial charge < -0.3 is 9.30 Å². The second-order valence-electron chi connectivity index (χ2n) is 6.36. The molecule has 0 amide bonds. The van der Waals surface area contributed by atoms with Gasteiger partial charge in [0, 0.05) is 11.9 Å². The predicted octanol–water partition coefficient (Wildman–Crippen LogP) is 2.99. The third-order valence-corrected chi connectivity index (χ3v) is 4.65. The van der Waals surface area contributed by atoms with Crippen molar-refractivity contribution in [1.29, 1.82) is 0 Å². The van der Waals surface area contributed by atoms with Crippen molar-refractivity contribution in [3.05, 3.63) is 81.5 Å². The zero-order chi connectivity index (χ0) is 21.3. The molecule has 0 aliphatic heterocycles. The molecule has 0 saturated carbocycles. The minimum Gasteiger partial charge on any atom is -0.462 e. The van der Waals surface area contributed by atoms with Gasteiger partial charge in [-0.05, 0) is 30.7 Å². The van der Waals surface area contributed by atoms with Crippen LogP contribution in [0.3, 0.4) is 0 Å². The summed E-state index contributed by atoms with van der Waals surface area (Å²) >= 11 is 5.87. The number of rotatable bonds is 5. The summed E-state index contributed by atoms with van der Waals surface area (Å²) in [5, 5.41) is 3.62. The predicted molar refractivity (Wildman–Crippen MR) is 107 cm³/mol. The molecular formula is C20H15ClFN5O3. The summed E-state index contributed by atoms with van der Waals surface area (Å²) in [6.07, 6.45) is 4.36. The van der Waals surface area contributed by atoms with Gasteiger partial charge in [-0.15, -0.1) is 0 Å². The number of benzene rings is 1. The van der Waals surface area contributed by atoms with Crippen molar-refractivity contribution in [2.45, 2.75) is 13.5 Å². The summed E-state index contributed by atoms with van der Waals surface area (Å²) in [6.45, 7) is 2.18. The maximum absolute atomic E-state index is 14.0. The molecule has 0 fully saturated rings. The smallest absolute Gasteiger partial charge is 0.343 e. The Morgan fingerprint density at radius 1 is 1.30 bits per heavy atom. The number of fused-ring (bicyclic) bond motifs is 1. The Bertz CT molecular complexity index is 1300. The monoisotopic (exact) mass is 427 g/mol. The fourth-order valence-corrected chi connectivity index (χ4v) is 3.19. The first kappa shape index (κ1) is 19.7. The molecule has 4 aromatic rings. The number of aromatic nitrogens is 5. The summed E-state index contributed by atoms with van der Waals surface area (Å²) in [6, 6.07) is 8.27. The summed E-state index contributed by atoms with van der Waals surface area (Å²) in [5.74, 6) is -1.65. The maximum atomic E-state index is 14.0. The lowest BCUT2D eigenvalue weighted by Gasteiger charge is -2.14. The molecule has 0 spiro atoms. The Balaban J connectivity index is 1.93. The molecule has 3 aromatic heterocycles. The third-order valence-electron chi connectivity index (χ3n) is 4.38. The number of halogens is 2. The average Bonchev–Trinajstić information content (AvgIpc) is 3.23. The van der Waals surface area contributed by atoms with Crippen molar-refractivity contribution in [3.63, 3.8) is 0 Å². The quantitative estimate of drug-likeness (QED) is 0.359. The van der Waals surface area contributed by atoms with Gasteiger partial charge in [0.2, 0.25) is 5.43 Å². The normalized spacial score (nSPS) is 11.0. The molecule has 4 rings (SSSR count). The van der Waals surface area contributed by atoms with Crippen LogP contribution in [0.2, 0.25) is 5.15 Å². The zero-order valence-corrected chi connectivity index (χ0v) is 16.5. The first-order chi connectivity index (χ1) is 14.5. The zero-order valence-electron chi connectivity index (χ0n) is 15.7. The maximum Gasteiger partial charge on any atom is 0.343 e.